The molecule has 0 spiro atoms. The van der Waals surface area contributed by atoms with Crippen molar-refractivity contribution in [2.45, 2.75) is 24.8 Å². The highest BCUT2D eigenvalue weighted by Crippen LogP contribution is 2.21. The van der Waals surface area contributed by atoms with Crippen LogP contribution in [0.1, 0.15) is 16.7 Å². The molecule has 0 aliphatic rings. The molecule has 0 saturated heterocycles. The smallest absolute Gasteiger partial charge is 0.191 e. The van der Waals surface area contributed by atoms with Crippen LogP contribution in [0.2, 0.25) is 0 Å². The first kappa shape index (κ1) is 20.3. The molecule has 1 heterocycles. The zero-order chi connectivity index (χ0) is 15.8. The summed E-state index contributed by atoms with van der Waals surface area (Å²) in [5.41, 5.74) is 3.97. The predicted octanol–water partition coefficient (Wildman–Crippen LogP) is 4.30. The summed E-state index contributed by atoms with van der Waals surface area (Å²) in [6, 6.07) is 8.74. The van der Waals surface area contributed by atoms with Gasteiger partial charge in [0.25, 0.3) is 0 Å². The Balaban J connectivity index is 0.00000264. The quantitative estimate of drug-likeness (QED) is 0.292. The molecule has 0 bridgehead atoms. The highest BCUT2D eigenvalue weighted by molar-refractivity contribution is 14.0. The van der Waals surface area contributed by atoms with Gasteiger partial charge in [-0.3, -0.25) is 4.99 Å². The van der Waals surface area contributed by atoms with Crippen LogP contribution >= 0.6 is 47.1 Å². The van der Waals surface area contributed by atoms with E-state index >= 15 is 0 Å². The summed E-state index contributed by atoms with van der Waals surface area (Å²) in [7, 11) is 1.81. The lowest BCUT2D eigenvalue weighted by Gasteiger charge is -2.14. The van der Waals surface area contributed by atoms with E-state index in [1.807, 2.05) is 7.05 Å². The van der Waals surface area contributed by atoms with Crippen LogP contribution in [0.5, 0.6) is 0 Å². The van der Waals surface area contributed by atoms with Crippen LogP contribution in [0.15, 0.2) is 44.9 Å². The fourth-order valence-electron chi connectivity index (χ4n) is 2.16. The van der Waals surface area contributed by atoms with Gasteiger partial charge in [-0.1, -0.05) is 12.1 Å². The zero-order valence-electron chi connectivity index (χ0n) is 13.8. The second kappa shape index (κ2) is 10.9. The second-order valence-corrected chi connectivity index (χ2v) is 6.68. The number of hydrogen-bond acceptors (Lipinski definition) is 3. The SMILES string of the molecule is CN=C(NCCc1ccsc1)NCc1ccc(C)cc1SC.I. The average molecular weight is 461 g/mol. The lowest BCUT2D eigenvalue weighted by Crippen LogP contribution is -2.37. The Labute approximate surface area is 164 Å². The minimum absolute atomic E-state index is 0. The van der Waals surface area contributed by atoms with Crippen molar-refractivity contribution < 1.29 is 0 Å². The normalized spacial score (nSPS) is 11.0. The van der Waals surface area contributed by atoms with Gasteiger partial charge >= 0.3 is 0 Å². The minimum Gasteiger partial charge on any atom is -0.356 e. The number of halogens is 1. The molecule has 1 aromatic heterocycles. The third-order valence-corrected chi connectivity index (χ3v) is 4.95. The number of aryl methyl sites for hydroxylation is 1. The van der Waals surface area contributed by atoms with Gasteiger partial charge in [0.2, 0.25) is 0 Å². The van der Waals surface area contributed by atoms with Gasteiger partial charge < -0.3 is 10.6 Å². The van der Waals surface area contributed by atoms with Gasteiger partial charge in [-0.25, -0.2) is 0 Å². The van der Waals surface area contributed by atoms with E-state index in [0.29, 0.717) is 0 Å². The largest absolute Gasteiger partial charge is 0.356 e. The van der Waals surface area contributed by atoms with Crippen molar-refractivity contribution in [3.05, 3.63) is 51.7 Å². The number of hydrogen-bond donors (Lipinski definition) is 2. The summed E-state index contributed by atoms with van der Waals surface area (Å²) in [6.45, 7) is 3.80. The van der Waals surface area contributed by atoms with Crippen molar-refractivity contribution in [1.82, 2.24) is 10.6 Å². The van der Waals surface area contributed by atoms with Crippen LogP contribution in [0, 0.1) is 6.92 Å². The van der Waals surface area contributed by atoms with E-state index in [4.69, 9.17) is 0 Å². The summed E-state index contributed by atoms with van der Waals surface area (Å²) in [6.07, 6.45) is 3.14. The molecule has 2 aromatic rings. The Morgan fingerprint density at radius 3 is 2.74 bits per heavy atom. The minimum atomic E-state index is 0. The first-order valence-electron chi connectivity index (χ1n) is 7.32. The van der Waals surface area contributed by atoms with Gasteiger partial charge in [-0.2, -0.15) is 11.3 Å². The number of benzene rings is 1. The molecule has 2 N–H and O–H groups in total. The number of nitrogens with one attached hydrogen (secondary N) is 2. The molecule has 0 radical (unpaired) electrons. The van der Waals surface area contributed by atoms with Gasteiger partial charge in [0, 0.05) is 25.0 Å². The molecule has 0 saturated carbocycles. The molecule has 0 aliphatic heterocycles. The number of aliphatic imine (C=N–C) groups is 1. The molecular formula is C17H24IN3S2. The fourth-order valence-corrected chi connectivity index (χ4v) is 3.57. The molecular weight excluding hydrogens is 437 g/mol. The number of guanidine groups is 1. The van der Waals surface area contributed by atoms with Crippen molar-refractivity contribution in [3.8, 4) is 0 Å². The van der Waals surface area contributed by atoms with E-state index in [0.717, 1.165) is 25.5 Å². The number of rotatable bonds is 6. The Morgan fingerprint density at radius 1 is 1.26 bits per heavy atom. The molecule has 0 aliphatic carbocycles. The summed E-state index contributed by atoms with van der Waals surface area (Å²) in [5, 5.41) is 11.1. The molecule has 23 heavy (non-hydrogen) atoms. The highest BCUT2D eigenvalue weighted by atomic mass is 127. The number of nitrogens with zero attached hydrogens (tertiary/aromatic N) is 1. The summed E-state index contributed by atoms with van der Waals surface area (Å²) in [4.78, 5) is 5.61. The molecule has 6 heteroatoms. The molecule has 0 atom stereocenters. The lowest BCUT2D eigenvalue weighted by molar-refractivity contribution is 0.789. The van der Waals surface area contributed by atoms with Crippen LogP contribution in [-0.2, 0) is 13.0 Å². The number of thioether (sulfide) groups is 1. The molecule has 3 nitrogen and oxygen atoms in total. The first-order valence-corrected chi connectivity index (χ1v) is 9.49. The lowest BCUT2D eigenvalue weighted by atomic mass is 10.1. The summed E-state index contributed by atoms with van der Waals surface area (Å²) >= 11 is 3.53. The Morgan fingerprint density at radius 2 is 2.09 bits per heavy atom. The Hall–Kier alpha value is -0.730. The summed E-state index contributed by atoms with van der Waals surface area (Å²) < 4.78 is 0. The van der Waals surface area contributed by atoms with Gasteiger partial charge in [0.1, 0.15) is 0 Å². The highest BCUT2D eigenvalue weighted by Gasteiger charge is 2.04. The van der Waals surface area contributed by atoms with Crippen LogP contribution in [0.3, 0.4) is 0 Å². The molecule has 126 valence electrons. The molecule has 2 rings (SSSR count). The van der Waals surface area contributed by atoms with E-state index in [1.54, 1.807) is 23.1 Å². The van der Waals surface area contributed by atoms with E-state index in [2.05, 4.69) is 63.8 Å². The third kappa shape index (κ3) is 6.73. The van der Waals surface area contributed by atoms with Crippen molar-refractivity contribution >= 4 is 53.0 Å². The maximum Gasteiger partial charge on any atom is 0.191 e. The molecule has 0 fully saturated rings. The molecule has 0 unspecified atom stereocenters. The van der Waals surface area contributed by atoms with E-state index in [-0.39, 0.29) is 24.0 Å². The standard InChI is InChI=1S/C17H23N3S2.HI/c1-13-4-5-15(16(10-13)21-3)11-20-17(18-2)19-8-6-14-7-9-22-12-14;/h4-5,7,9-10,12H,6,8,11H2,1-3H3,(H2,18,19,20);1H. The van der Waals surface area contributed by atoms with Gasteiger partial charge in [-0.05, 0) is 59.2 Å². The van der Waals surface area contributed by atoms with Crippen molar-refractivity contribution in [2.24, 2.45) is 4.99 Å². The van der Waals surface area contributed by atoms with Crippen LogP contribution in [0.4, 0.5) is 0 Å². The van der Waals surface area contributed by atoms with Crippen molar-refractivity contribution in [1.29, 1.82) is 0 Å². The first-order chi connectivity index (χ1) is 10.7. The van der Waals surface area contributed by atoms with Gasteiger partial charge in [0.15, 0.2) is 5.96 Å². The topological polar surface area (TPSA) is 36.4 Å². The fraction of sp³-hybridized carbons (Fsp3) is 0.353. The maximum atomic E-state index is 4.29. The summed E-state index contributed by atoms with van der Waals surface area (Å²) in [5.74, 6) is 0.850. The monoisotopic (exact) mass is 461 g/mol. The molecule has 1 aromatic carbocycles. The van der Waals surface area contributed by atoms with Crippen molar-refractivity contribution in [2.75, 3.05) is 19.8 Å². The van der Waals surface area contributed by atoms with Crippen LogP contribution in [-0.4, -0.2) is 25.8 Å². The van der Waals surface area contributed by atoms with E-state index in [1.165, 1.54) is 21.6 Å². The van der Waals surface area contributed by atoms with Crippen LogP contribution < -0.4 is 10.6 Å². The van der Waals surface area contributed by atoms with E-state index in [9.17, 15) is 0 Å². The van der Waals surface area contributed by atoms with Gasteiger partial charge in [0.05, 0.1) is 0 Å². The van der Waals surface area contributed by atoms with Crippen molar-refractivity contribution in [3.63, 3.8) is 0 Å². The van der Waals surface area contributed by atoms with Crippen LogP contribution in [0.25, 0.3) is 0 Å². The Bertz CT molecular complexity index is 612. The van der Waals surface area contributed by atoms with E-state index < -0.39 is 0 Å². The second-order valence-electron chi connectivity index (χ2n) is 5.05. The average Bonchev–Trinajstić information content (AvgIpc) is 3.04. The predicted molar refractivity (Wildman–Crippen MR) is 115 cm³/mol. The molecule has 0 amide bonds. The zero-order valence-corrected chi connectivity index (χ0v) is 17.7. The Kier molecular flexibility index (Phi) is 9.66. The number of thiophene rings is 1. The van der Waals surface area contributed by atoms with Gasteiger partial charge in [-0.15, -0.1) is 35.7 Å². The third-order valence-electron chi connectivity index (χ3n) is 3.40. The maximum absolute atomic E-state index is 4.29.